The molecular formula is C17H22ClNO6S. The number of benzene rings is 1. The fourth-order valence-electron chi connectivity index (χ4n) is 3.55. The van der Waals surface area contributed by atoms with Gasteiger partial charge in [0.15, 0.2) is 11.5 Å². The number of nitrogens with zero attached hydrogens (tertiary/aromatic N) is 1. The van der Waals surface area contributed by atoms with Gasteiger partial charge in [-0.1, -0.05) is 11.6 Å². The Labute approximate surface area is 158 Å². The number of ether oxygens (including phenoxy) is 3. The first-order chi connectivity index (χ1) is 12.1. The second kappa shape index (κ2) is 6.58. The zero-order valence-electron chi connectivity index (χ0n) is 15.2. The van der Waals surface area contributed by atoms with E-state index >= 15 is 0 Å². The predicted octanol–water partition coefficient (Wildman–Crippen LogP) is 2.59. The van der Waals surface area contributed by atoms with Crippen molar-refractivity contribution >= 4 is 27.6 Å². The first kappa shape index (κ1) is 19.3. The molecule has 2 aliphatic heterocycles. The van der Waals surface area contributed by atoms with Crippen molar-refractivity contribution in [2.45, 2.75) is 32.5 Å². The van der Waals surface area contributed by atoms with Crippen LogP contribution in [-0.4, -0.2) is 50.9 Å². The molecule has 0 spiro atoms. The van der Waals surface area contributed by atoms with Gasteiger partial charge in [0, 0.05) is 31.5 Å². The molecular weight excluding hydrogens is 382 g/mol. The lowest BCUT2D eigenvalue weighted by Crippen LogP contribution is -2.49. The number of halogens is 1. The maximum Gasteiger partial charge on any atom is 0.338 e. The van der Waals surface area contributed by atoms with Crippen LogP contribution in [0.15, 0.2) is 6.07 Å². The highest BCUT2D eigenvalue weighted by Crippen LogP contribution is 2.51. The molecule has 0 amide bonds. The Morgan fingerprint density at radius 3 is 2.42 bits per heavy atom. The van der Waals surface area contributed by atoms with Gasteiger partial charge in [-0.2, -0.15) is 0 Å². The Morgan fingerprint density at radius 1 is 1.31 bits per heavy atom. The number of hydrogen-bond acceptors (Lipinski definition) is 6. The molecule has 144 valence electrons. The van der Waals surface area contributed by atoms with E-state index in [1.54, 1.807) is 6.92 Å². The topological polar surface area (TPSA) is 82.1 Å². The molecule has 0 bridgehead atoms. The van der Waals surface area contributed by atoms with Crippen molar-refractivity contribution in [3.63, 3.8) is 0 Å². The number of methoxy groups -OCH3 is 1. The average Bonchev–Trinajstić information content (AvgIpc) is 2.97. The molecule has 1 aromatic carbocycles. The van der Waals surface area contributed by atoms with Gasteiger partial charge in [0.2, 0.25) is 10.0 Å². The molecule has 0 radical (unpaired) electrons. The standard InChI is InChI=1S/C17H22ClNO6S/c1-10-12(16(20)23-3)9-13(18)15-14(10)24-17(2,25-15)11-5-7-19(8-6-11)26(4,21)22/h9,11H,5-8H2,1-4H3. The maximum absolute atomic E-state index is 11.9. The van der Waals surface area contributed by atoms with Crippen LogP contribution in [0.1, 0.15) is 35.7 Å². The van der Waals surface area contributed by atoms with E-state index in [0.717, 1.165) is 0 Å². The van der Waals surface area contributed by atoms with E-state index in [0.29, 0.717) is 48.6 Å². The van der Waals surface area contributed by atoms with Gasteiger partial charge in [0.1, 0.15) is 0 Å². The Balaban J connectivity index is 1.85. The third-order valence-corrected chi connectivity index (χ3v) is 6.70. The molecule has 1 saturated heterocycles. The molecule has 0 saturated carbocycles. The molecule has 9 heteroatoms. The van der Waals surface area contributed by atoms with E-state index < -0.39 is 21.8 Å². The number of carbonyl (C=O) groups is 1. The van der Waals surface area contributed by atoms with E-state index in [1.807, 2.05) is 6.92 Å². The first-order valence-electron chi connectivity index (χ1n) is 8.31. The molecule has 3 rings (SSSR count). The summed E-state index contributed by atoms with van der Waals surface area (Å²) in [5, 5.41) is 0.281. The van der Waals surface area contributed by atoms with Crippen molar-refractivity contribution < 1.29 is 27.4 Å². The molecule has 1 atom stereocenters. The molecule has 1 fully saturated rings. The molecule has 26 heavy (non-hydrogen) atoms. The molecule has 0 aromatic heterocycles. The molecule has 2 aliphatic rings. The van der Waals surface area contributed by atoms with Gasteiger partial charge in [0.25, 0.3) is 5.79 Å². The fourth-order valence-corrected chi connectivity index (χ4v) is 4.65. The van der Waals surface area contributed by atoms with E-state index in [4.69, 9.17) is 25.8 Å². The summed E-state index contributed by atoms with van der Waals surface area (Å²) in [4.78, 5) is 11.9. The normalized spacial score (nSPS) is 23.9. The number of sulfonamides is 1. The first-order valence-corrected chi connectivity index (χ1v) is 10.5. The van der Waals surface area contributed by atoms with Gasteiger partial charge < -0.3 is 14.2 Å². The monoisotopic (exact) mass is 403 g/mol. The molecule has 0 aliphatic carbocycles. The highest BCUT2D eigenvalue weighted by atomic mass is 35.5. The fraction of sp³-hybridized carbons (Fsp3) is 0.588. The number of carbonyl (C=O) groups excluding carboxylic acids is 1. The van der Waals surface area contributed by atoms with Crippen LogP contribution >= 0.6 is 11.6 Å². The van der Waals surface area contributed by atoms with Crippen LogP contribution in [0.25, 0.3) is 0 Å². The Hall–Kier alpha value is -1.51. The highest BCUT2D eigenvalue weighted by Gasteiger charge is 2.47. The van der Waals surface area contributed by atoms with Crippen LogP contribution < -0.4 is 9.47 Å². The SMILES string of the molecule is COC(=O)c1cc(Cl)c2c(c1C)OC(C)(C1CCN(S(C)(=O)=O)CC1)O2. The Kier molecular flexibility index (Phi) is 4.87. The summed E-state index contributed by atoms with van der Waals surface area (Å²) in [7, 11) is -1.89. The van der Waals surface area contributed by atoms with E-state index in [1.165, 1.54) is 23.7 Å². The second-order valence-corrected chi connectivity index (χ2v) is 9.23. The van der Waals surface area contributed by atoms with Gasteiger partial charge in [0.05, 0.1) is 24.0 Å². The second-order valence-electron chi connectivity index (χ2n) is 6.84. The summed E-state index contributed by atoms with van der Waals surface area (Å²) >= 11 is 6.30. The molecule has 0 N–H and O–H groups in total. The summed E-state index contributed by atoms with van der Waals surface area (Å²) in [6, 6.07) is 1.52. The third kappa shape index (κ3) is 3.25. The number of rotatable bonds is 3. The summed E-state index contributed by atoms with van der Waals surface area (Å²) in [5.74, 6) is -0.624. The van der Waals surface area contributed by atoms with Crippen LogP contribution in [0, 0.1) is 12.8 Å². The van der Waals surface area contributed by atoms with E-state index in [2.05, 4.69) is 0 Å². The van der Waals surface area contributed by atoms with Crippen molar-refractivity contribution in [2.24, 2.45) is 5.92 Å². The minimum atomic E-state index is -3.20. The predicted molar refractivity (Wildman–Crippen MR) is 96.3 cm³/mol. The van der Waals surface area contributed by atoms with E-state index in [9.17, 15) is 13.2 Å². The van der Waals surface area contributed by atoms with Crippen molar-refractivity contribution in [3.8, 4) is 11.5 Å². The van der Waals surface area contributed by atoms with Gasteiger partial charge in [-0.3, -0.25) is 0 Å². The molecule has 1 aromatic rings. The Bertz CT molecular complexity index is 847. The number of esters is 1. The number of piperidine rings is 1. The van der Waals surface area contributed by atoms with Gasteiger partial charge in [-0.15, -0.1) is 0 Å². The third-order valence-electron chi connectivity index (χ3n) is 5.12. The van der Waals surface area contributed by atoms with Crippen LogP contribution in [0.3, 0.4) is 0 Å². The lowest BCUT2D eigenvalue weighted by Gasteiger charge is -2.37. The van der Waals surface area contributed by atoms with Crippen molar-refractivity contribution in [1.82, 2.24) is 4.31 Å². The number of hydrogen-bond donors (Lipinski definition) is 0. The smallest absolute Gasteiger partial charge is 0.338 e. The van der Waals surface area contributed by atoms with Gasteiger partial charge in [-0.25, -0.2) is 17.5 Å². The van der Waals surface area contributed by atoms with Crippen LogP contribution in [-0.2, 0) is 14.8 Å². The van der Waals surface area contributed by atoms with Crippen molar-refractivity contribution in [1.29, 1.82) is 0 Å². The lowest BCUT2D eigenvalue weighted by molar-refractivity contribution is -0.121. The van der Waals surface area contributed by atoms with Gasteiger partial charge >= 0.3 is 5.97 Å². The Morgan fingerprint density at radius 2 is 1.88 bits per heavy atom. The maximum atomic E-state index is 11.9. The van der Waals surface area contributed by atoms with Crippen molar-refractivity contribution in [2.75, 3.05) is 26.5 Å². The average molecular weight is 404 g/mol. The summed E-state index contributed by atoms with van der Waals surface area (Å²) < 4.78 is 41.8. The van der Waals surface area contributed by atoms with Crippen LogP contribution in [0.2, 0.25) is 5.02 Å². The highest BCUT2D eigenvalue weighted by molar-refractivity contribution is 7.88. The molecule has 7 nitrogen and oxygen atoms in total. The largest absolute Gasteiger partial charge is 0.465 e. The quantitative estimate of drug-likeness (QED) is 0.721. The van der Waals surface area contributed by atoms with Crippen LogP contribution in [0.5, 0.6) is 11.5 Å². The molecule has 1 unspecified atom stereocenters. The summed E-state index contributed by atoms with van der Waals surface area (Å²) in [6.45, 7) is 4.41. The summed E-state index contributed by atoms with van der Waals surface area (Å²) in [6.07, 6.45) is 2.43. The number of fused-ring (bicyclic) bond motifs is 1. The van der Waals surface area contributed by atoms with E-state index in [-0.39, 0.29) is 10.9 Å². The van der Waals surface area contributed by atoms with Gasteiger partial charge in [-0.05, 0) is 25.8 Å². The van der Waals surface area contributed by atoms with Crippen molar-refractivity contribution in [3.05, 3.63) is 22.2 Å². The summed E-state index contributed by atoms with van der Waals surface area (Å²) in [5.41, 5.74) is 0.935. The molecule has 2 heterocycles. The minimum absolute atomic E-state index is 0.00931. The van der Waals surface area contributed by atoms with Crippen LogP contribution in [0.4, 0.5) is 0 Å². The lowest BCUT2D eigenvalue weighted by atomic mass is 9.90. The minimum Gasteiger partial charge on any atom is -0.465 e. The zero-order valence-corrected chi connectivity index (χ0v) is 16.7. The zero-order chi connectivity index (χ0) is 19.3.